The molecule has 20 heteroatoms. The van der Waals surface area contributed by atoms with E-state index in [2.05, 4.69) is 17.8 Å². The number of benzene rings is 5. The largest absolute Gasteiger partial charge is 0.450 e. The summed E-state index contributed by atoms with van der Waals surface area (Å²) in [6, 6.07) is -1.32. The monoisotopic (exact) mass is 1870 g/mol. The van der Waals surface area contributed by atoms with Crippen LogP contribution in [0.2, 0.25) is 0 Å². The van der Waals surface area contributed by atoms with Crippen molar-refractivity contribution in [3.63, 3.8) is 0 Å². The number of esters is 5. The van der Waals surface area contributed by atoms with Crippen LogP contribution in [0.1, 0.15) is 373 Å². The molecule has 5 atom stereocenters. The van der Waals surface area contributed by atoms with Gasteiger partial charge in [-0.2, -0.15) is 0 Å². The van der Waals surface area contributed by atoms with Crippen LogP contribution in [-0.2, 0) is 75.7 Å². The fraction of sp³-hybridized carbons (Fsp3) is 0.591. The van der Waals surface area contributed by atoms with Gasteiger partial charge in [0.25, 0.3) is 0 Å². The number of hydrogen-bond donors (Lipinski definition) is 5. The molecule has 5 N–H and O–H groups in total. The minimum absolute atomic E-state index is 0.0485. The third kappa shape index (κ3) is 33.8. The molecule has 130 heavy (non-hydrogen) atoms. The first-order chi connectivity index (χ1) is 95.5. The van der Waals surface area contributed by atoms with Crippen LogP contribution in [0.25, 0.3) is 0 Å². The van der Waals surface area contributed by atoms with Crippen molar-refractivity contribution in [2.24, 2.45) is 29.5 Å². The van der Waals surface area contributed by atoms with E-state index in [4.69, 9.17) is 140 Å². The van der Waals surface area contributed by atoms with Crippen LogP contribution >= 0.6 is 0 Å². The standard InChI is InChI=1S/5C22H31NO3/c5*1-3-23(4-2)17-11-12-18-26-21(24)22(25,19-13-7-5-8-14-19)20-15-9-6-10-16-20/h5*5,7-8,13-14,20,25H,3-4,6,9-10,15-18H2,1-2H3/i3D2,4D2,5D,6D2,7D,8D,9D2,10D2,13D,14D,15D2,16D2,17D2,20D;1D3,2D3,3D2,4D2,6D2,9D2,10D2,15D2,16D2,17D2,20D;1D3,2D3,3D2,4D2,5D,7D,8D,13D,14D,17D2;3D2,4D2,5D,7D,8D,13D,14D,17D2;1D3,2D3,3D2,4D2,17D2. The molecule has 0 bridgehead atoms. The van der Waals surface area contributed by atoms with E-state index in [1.165, 1.54) is 12.0 Å². The molecule has 710 valence electrons. The summed E-state index contributed by atoms with van der Waals surface area (Å²) in [5.74, 6) is -1.05. The Balaban J connectivity index is 0.000000404. The van der Waals surface area contributed by atoms with Crippen molar-refractivity contribution in [2.45, 2.75) is 257 Å². The Kier molecular flexibility index (Phi) is 18.5. The maximum absolute atomic E-state index is 13.8. The molecule has 0 radical (unpaired) electrons. The lowest BCUT2D eigenvalue weighted by Gasteiger charge is -2.36. The lowest BCUT2D eigenvalue weighted by Crippen LogP contribution is -2.45. The Morgan fingerprint density at radius 1 is 0.323 bits per heavy atom. The van der Waals surface area contributed by atoms with Crippen molar-refractivity contribution in [1.82, 2.24) is 24.5 Å². The van der Waals surface area contributed by atoms with Gasteiger partial charge in [-0.15, -0.1) is 0 Å². The van der Waals surface area contributed by atoms with Gasteiger partial charge in [0, 0.05) is 112 Å². The lowest BCUT2D eigenvalue weighted by atomic mass is 9.73. The summed E-state index contributed by atoms with van der Waals surface area (Å²) >= 11 is 0. The molecule has 20 nitrogen and oxygen atoms in total. The van der Waals surface area contributed by atoms with Gasteiger partial charge in [-0.1, -0.05) is 375 Å². The first kappa shape index (κ1) is 39.0. The molecule has 0 saturated heterocycles. The van der Waals surface area contributed by atoms with E-state index in [0.29, 0.717) is 56.9 Å². The quantitative estimate of drug-likeness (QED) is 0.0144. The van der Waals surface area contributed by atoms with Gasteiger partial charge in [0.2, 0.25) is 0 Å². The van der Waals surface area contributed by atoms with Crippen LogP contribution in [0.4, 0.5) is 0 Å². The van der Waals surface area contributed by atoms with Gasteiger partial charge in [0.05, 0.1) is 66.8 Å². The normalized spacial score (nSPS) is 33.4. The number of hydrogen-bond acceptors (Lipinski definition) is 20. The van der Waals surface area contributed by atoms with Crippen molar-refractivity contribution in [3.8, 4) is 59.2 Å². The highest BCUT2D eigenvalue weighted by molar-refractivity contribution is 5.84. The van der Waals surface area contributed by atoms with Crippen molar-refractivity contribution < 1.29 is 190 Å². The second-order valence-electron chi connectivity index (χ2n) is 26.6. The van der Waals surface area contributed by atoms with Crippen molar-refractivity contribution in [2.75, 3.05) is 130 Å². The Morgan fingerprint density at radius 3 is 0.785 bits per heavy atom. The first-order valence-electron chi connectivity index (χ1n) is 81.9. The number of nitrogens with zero attached hydrogens (tertiary/aromatic N) is 5. The Labute approximate surface area is 899 Å². The van der Waals surface area contributed by atoms with Gasteiger partial charge in [-0.05, 0) is 157 Å². The molecule has 0 amide bonds. The van der Waals surface area contributed by atoms with Gasteiger partial charge >= 0.3 is 29.8 Å². The maximum atomic E-state index is 13.8. The number of carbonyl (C=O) groups is 5. The van der Waals surface area contributed by atoms with E-state index in [-0.39, 0.29) is 22.6 Å². The van der Waals surface area contributed by atoms with Gasteiger partial charge in [0.15, 0.2) is 61.0 Å². The third-order valence-corrected chi connectivity index (χ3v) is 19.1. The molecule has 5 fully saturated rings. The summed E-state index contributed by atoms with van der Waals surface area (Å²) in [6.45, 7) is -75.2. The molecule has 5 saturated carbocycles. The highest BCUT2D eigenvalue weighted by atomic mass is 16.6. The molecule has 0 spiro atoms. The fourth-order valence-corrected chi connectivity index (χ4v) is 12.7. The molecule has 0 aromatic heterocycles. The average Bonchev–Trinajstić information content (AvgIpc) is 0.642. The van der Waals surface area contributed by atoms with Gasteiger partial charge in [-0.3, -0.25) is 24.5 Å². The van der Waals surface area contributed by atoms with Gasteiger partial charge < -0.3 is 49.2 Å². The number of aliphatic hydroxyl groups is 5. The smallest absolute Gasteiger partial charge is 0.344 e. The zero-order valence-electron chi connectivity index (χ0n) is 156. The minimum Gasteiger partial charge on any atom is -0.450 e. The molecule has 5 aromatic carbocycles. The highest BCUT2D eigenvalue weighted by Gasteiger charge is 2.52. The molecule has 5 aliphatic rings. The van der Waals surface area contributed by atoms with Crippen LogP contribution < -0.4 is 0 Å². The van der Waals surface area contributed by atoms with Crippen molar-refractivity contribution in [3.05, 3.63) is 179 Å². The minimum atomic E-state index is -4.70. The number of carbonyl (C=O) groups excluding carboxylic acids is 5. The van der Waals surface area contributed by atoms with Crippen LogP contribution in [0.15, 0.2) is 151 Å². The summed E-state index contributed by atoms with van der Waals surface area (Å²) in [4.78, 5) is 65.5. The highest BCUT2D eigenvalue weighted by Crippen LogP contribution is 2.46. The lowest BCUT2D eigenvalue weighted by molar-refractivity contribution is -0.174. The second kappa shape index (κ2) is 61.5. The molecule has 5 aliphatic carbocycles. The molecule has 5 aromatic rings. The molecule has 0 aliphatic heterocycles. The van der Waals surface area contributed by atoms with Crippen LogP contribution in [-0.4, -0.2) is 210 Å². The topological polar surface area (TPSA) is 249 Å². The van der Waals surface area contributed by atoms with Crippen molar-refractivity contribution in [1.29, 1.82) is 0 Å². The zero-order valence-corrected chi connectivity index (χ0v) is 70.7. The van der Waals surface area contributed by atoms with E-state index in [9.17, 15) is 49.5 Å². The fourth-order valence-electron chi connectivity index (χ4n) is 12.7. The molecular weight excluding hydrogens is 1630 g/mol. The van der Waals surface area contributed by atoms with Crippen LogP contribution in [0.3, 0.4) is 0 Å². The Hall–Kier alpha value is -9.15. The summed E-state index contributed by atoms with van der Waals surface area (Å²) in [5, 5.41) is 58.9. The summed E-state index contributed by atoms with van der Waals surface area (Å²) in [5.41, 5.74) is -19.7. The average molecular weight is 1870 g/mol. The van der Waals surface area contributed by atoms with Gasteiger partial charge in [0.1, 0.15) is 0 Å². The summed E-state index contributed by atoms with van der Waals surface area (Å²) in [6.07, 6.45) is -33.8. The van der Waals surface area contributed by atoms with Gasteiger partial charge in [-0.25, -0.2) is 24.0 Å². The third-order valence-electron chi connectivity index (χ3n) is 19.1. The van der Waals surface area contributed by atoms with E-state index in [0.717, 1.165) is 84.1 Å². The Bertz CT molecular complexity index is 8410. The van der Waals surface area contributed by atoms with Crippen LogP contribution in [0.5, 0.6) is 0 Å². The Morgan fingerprint density at radius 2 is 0.538 bits per heavy atom. The van der Waals surface area contributed by atoms with E-state index >= 15 is 0 Å². The predicted octanol–water partition coefficient (Wildman–Crippen LogP) is 16.7. The van der Waals surface area contributed by atoms with E-state index in [1.807, 2.05) is 17.8 Å². The van der Waals surface area contributed by atoms with Crippen molar-refractivity contribution >= 4 is 29.8 Å². The molecule has 10 rings (SSSR count). The summed E-state index contributed by atoms with van der Waals surface area (Å²) in [7, 11) is 0. The summed E-state index contributed by atoms with van der Waals surface area (Å²) < 4.78 is 700. The second-order valence-corrected chi connectivity index (χ2v) is 26.6. The molecule has 0 heterocycles. The van der Waals surface area contributed by atoms with E-state index in [1.54, 1.807) is 48.1 Å². The molecular formula is C110H155N5O15. The number of ether oxygens (including phenoxy) is 5. The zero-order chi connectivity index (χ0) is 169. The SMILES string of the molecule is [2H]C([2H])(C#CCOC(=O)C(O)(c1ccccc1)C1([2H])C([2H])([2H])C([2H])([2H])C([2H])([2H])C([2H])([2H])C1([2H])[2H])N(C([2H])([2H])C([2H])([2H])[2H])C([2H])([2H])C([2H])([2H])[2H].[2H]C([2H])(C#CCOC(=O)C(O)(c1ccccc1)C1CCCCC1)N(C([2H])([2H])C([2H])([2H])[2H])C([2H])([2H])C([2H])([2H])[2H].[2H]c1c([2H])c([2H])c(C(O)(C(=O)OCC#CC([2H])([2H])N(C([2H])([2H])C([2H])([2H])[2H])C([2H])([2H])C([2H])([2H])[2H])C2CCCCC2)c([2H])c1[2H].[2H]c1c([2H])c([2H])c(C(O)(C(=O)OCC#CC([2H])([2H])N(C([2H])([2H])C)C([2H])([2H])C)C2([2H])C([2H])([2H])C([2H])([2H])C([2H])([2H])C([2H])([2H])C2([2H])[2H])c([2H])c1[2H].[2H]c1c([2H])c([2H])c(C(O)(C(=O)OCC#CC([2H])([2H])N(C([2H])([2H])C)C([2H])([2H])C)C2CCCCC2)c([2H])c1[2H]. The van der Waals surface area contributed by atoms with Crippen LogP contribution in [0, 0.1) is 88.7 Å². The maximum Gasteiger partial charge on any atom is 0.344 e. The van der Waals surface area contributed by atoms with E-state index < -0.39 is 450 Å². The number of rotatable bonds is 35. The first-order valence-corrected chi connectivity index (χ1v) is 39.4. The predicted molar refractivity (Wildman–Crippen MR) is 517 cm³/mol. The molecule has 5 unspecified atom stereocenters.